The van der Waals surface area contributed by atoms with Crippen molar-refractivity contribution in [2.75, 3.05) is 31.1 Å². The summed E-state index contributed by atoms with van der Waals surface area (Å²) in [6, 6.07) is 15.7. The second-order valence-corrected chi connectivity index (χ2v) is 8.86. The van der Waals surface area contributed by atoms with Crippen LogP contribution < -0.4 is 4.90 Å². The molecule has 5 rings (SSSR count). The zero-order chi connectivity index (χ0) is 23.3. The Morgan fingerprint density at radius 1 is 1.15 bits per heavy atom. The summed E-state index contributed by atoms with van der Waals surface area (Å²) in [7, 11) is 0. The lowest BCUT2D eigenvalue weighted by molar-refractivity contribution is -0.138. The highest BCUT2D eigenvalue weighted by Crippen LogP contribution is 2.32. The van der Waals surface area contributed by atoms with Crippen LogP contribution >= 0.6 is 0 Å². The van der Waals surface area contributed by atoms with E-state index in [2.05, 4.69) is 23.2 Å². The number of furan rings is 1. The number of hydrogen-bond acceptors (Lipinski definition) is 7. The number of piperidine rings is 1. The van der Waals surface area contributed by atoms with Crippen LogP contribution in [0.4, 0.5) is 5.88 Å². The Morgan fingerprint density at radius 3 is 2.65 bits per heavy atom. The van der Waals surface area contributed by atoms with Gasteiger partial charge in [0.1, 0.15) is 6.07 Å². The molecule has 1 amide bonds. The van der Waals surface area contributed by atoms with Gasteiger partial charge in [-0.05, 0) is 43.4 Å². The Bertz CT molecular complexity index is 1120. The fourth-order valence-electron chi connectivity index (χ4n) is 4.76. The molecule has 4 heterocycles. The number of oxazole rings is 1. The number of amides is 1. The summed E-state index contributed by atoms with van der Waals surface area (Å²) in [5.74, 6) is 1.33. The summed E-state index contributed by atoms with van der Waals surface area (Å²) >= 11 is 0. The number of ether oxygens (including phenoxy) is 1. The minimum absolute atomic E-state index is 0.0700. The van der Waals surface area contributed by atoms with Crippen molar-refractivity contribution in [1.29, 1.82) is 5.26 Å². The largest absolute Gasteiger partial charge is 0.459 e. The maximum atomic E-state index is 13.6. The van der Waals surface area contributed by atoms with Crippen LogP contribution in [0.25, 0.3) is 11.7 Å². The Balaban J connectivity index is 1.26. The predicted molar refractivity (Wildman–Crippen MR) is 125 cm³/mol. The molecule has 2 fully saturated rings. The van der Waals surface area contributed by atoms with E-state index in [-0.39, 0.29) is 23.6 Å². The molecule has 3 aromatic rings. The topological polar surface area (TPSA) is 95.7 Å². The molecule has 1 unspecified atom stereocenters. The van der Waals surface area contributed by atoms with Gasteiger partial charge in [-0.3, -0.25) is 4.79 Å². The van der Waals surface area contributed by atoms with Crippen LogP contribution in [0, 0.1) is 17.2 Å². The van der Waals surface area contributed by atoms with Crippen LogP contribution in [0.3, 0.4) is 0 Å². The van der Waals surface area contributed by atoms with Crippen molar-refractivity contribution in [3.05, 3.63) is 60.0 Å². The fourth-order valence-corrected chi connectivity index (χ4v) is 4.76. The molecule has 8 nitrogen and oxygen atoms in total. The first kappa shape index (κ1) is 22.2. The van der Waals surface area contributed by atoms with Crippen molar-refractivity contribution in [1.82, 2.24) is 9.88 Å². The number of anilines is 1. The van der Waals surface area contributed by atoms with Crippen LogP contribution in [0.15, 0.2) is 57.6 Å². The average Bonchev–Trinajstić information content (AvgIpc) is 3.66. The van der Waals surface area contributed by atoms with Crippen molar-refractivity contribution in [2.24, 2.45) is 5.92 Å². The molecule has 2 aliphatic heterocycles. The number of nitrogens with zero attached hydrogens (tertiary/aromatic N) is 4. The molecule has 1 atom stereocenters. The van der Waals surface area contributed by atoms with Gasteiger partial charge in [-0.15, -0.1) is 0 Å². The zero-order valence-electron chi connectivity index (χ0n) is 19.1. The summed E-state index contributed by atoms with van der Waals surface area (Å²) in [5.41, 5.74) is 1.36. The smallest absolute Gasteiger partial charge is 0.266 e. The van der Waals surface area contributed by atoms with Crippen LogP contribution in [-0.4, -0.2) is 48.1 Å². The third kappa shape index (κ3) is 4.85. The summed E-state index contributed by atoms with van der Waals surface area (Å²) < 4.78 is 17.1. The van der Waals surface area contributed by atoms with Gasteiger partial charge in [0.25, 0.3) is 5.89 Å². The Labute approximate surface area is 198 Å². The third-order valence-electron chi connectivity index (χ3n) is 6.55. The Hall–Kier alpha value is -3.57. The number of hydrogen-bond donors (Lipinski definition) is 0. The number of carbonyl (C=O) groups excluding carboxylic acids is 1. The van der Waals surface area contributed by atoms with Gasteiger partial charge in [0.15, 0.2) is 5.76 Å². The Morgan fingerprint density at radius 2 is 1.97 bits per heavy atom. The van der Waals surface area contributed by atoms with E-state index in [0.717, 1.165) is 25.0 Å². The molecule has 0 aliphatic carbocycles. The fraction of sp³-hybridized carbons (Fsp3) is 0.423. The van der Waals surface area contributed by atoms with E-state index < -0.39 is 0 Å². The highest BCUT2D eigenvalue weighted by molar-refractivity contribution is 5.79. The van der Waals surface area contributed by atoms with E-state index in [1.165, 1.54) is 0 Å². The predicted octanol–water partition coefficient (Wildman–Crippen LogP) is 4.23. The van der Waals surface area contributed by atoms with Crippen molar-refractivity contribution < 1.29 is 18.4 Å². The molecule has 176 valence electrons. The minimum atomic E-state index is -0.0700. The lowest BCUT2D eigenvalue weighted by atomic mass is 9.94. The van der Waals surface area contributed by atoms with Crippen molar-refractivity contribution in [3.8, 4) is 17.7 Å². The van der Waals surface area contributed by atoms with Gasteiger partial charge in [0.2, 0.25) is 17.5 Å². The number of benzene rings is 1. The van der Waals surface area contributed by atoms with E-state index in [0.29, 0.717) is 56.6 Å². The summed E-state index contributed by atoms with van der Waals surface area (Å²) in [6.45, 7) is 3.23. The lowest BCUT2D eigenvalue weighted by Crippen LogP contribution is -2.44. The molecular weight excluding hydrogens is 432 g/mol. The second kappa shape index (κ2) is 10.1. The first-order valence-electron chi connectivity index (χ1n) is 11.9. The summed E-state index contributed by atoms with van der Waals surface area (Å²) in [4.78, 5) is 21.8. The first-order chi connectivity index (χ1) is 16.7. The van der Waals surface area contributed by atoms with Crippen molar-refractivity contribution in [2.45, 2.75) is 38.3 Å². The molecule has 2 aliphatic rings. The lowest BCUT2D eigenvalue weighted by Gasteiger charge is -2.35. The molecule has 0 radical (unpaired) electrons. The van der Waals surface area contributed by atoms with Gasteiger partial charge < -0.3 is 23.4 Å². The standard InChI is InChI=1S/C26H28N4O4/c27-16-22-26(34-24(28-22)23-9-5-15-33-23)29-12-10-20(11-13-29)25(31)30(18-21-8-4-14-32-21)17-19-6-2-1-3-7-19/h1-3,5-7,9,15,20-21H,4,8,10-14,17-18H2. The first-order valence-corrected chi connectivity index (χ1v) is 11.9. The monoisotopic (exact) mass is 460 g/mol. The minimum Gasteiger partial charge on any atom is -0.459 e. The second-order valence-electron chi connectivity index (χ2n) is 8.86. The van der Waals surface area contributed by atoms with Crippen LogP contribution in [0.5, 0.6) is 0 Å². The number of aromatic nitrogens is 1. The highest BCUT2D eigenvalue weighted by Gasteiger charge is 2.33. The summed E-state index contributed by atoms with van der Waals surface area (Å²) in [6.07, 6.45) is 5.08. The molecule has 2 aromatic heterocycles. The van der Waals surface area contributed by atoms with E-state index in [4.69, 9.17) is 13.6 Å². The van der Waals surface area contributed by atoms with E-state index in [9.17, 15) is 10.1 Å². The van der Waals surface area contributed by atoms with Gasteiger partial charge >= 0.3 is 0 Å². The molecule has 0 N–H and O–H groups in total. The molecule has 8 heteroatoms. The highest BCUT2D eigenvalue weighted by atomic mass is 16.5. The molecule has 1 aromatic carbocycles. The molecular formula is C26H28N4O4. The van der Waals surface area contributed by atoms with Crippen molar-refractivity contribution >= 4 is 11.8 Å². The summed E-state index contributed by atoms with van der Waals surface area (Å²) in [5, 5.41) is 9.55. The molecule has 0 spiro atoms. The Kier molecular flexibility index (Phi) is 6.63. The van der Waals surface area contributed by atoms with E-state index in [1.807, 2.05) is 28.0 Å². The van der Waals surface area contributed by atoms with Gasteiger partial charge in [0.05, 0.1) is 12.4 Å². The van der Waals surface area contributed by atoms with E-state index >= 15 is 0 Å². The van der Waals surface area contributed by atoms with Crippen LogP contribution in [-0.2, 0) is 16.1 Å². The molecule has 0 saturated carbocycles. The van der Waals surface area contributed by atoms with Crippen LogP contribution in [0.2, 0.25) is 0 Å². The maximum absolute atomic E-state index is 13.6. The van der Waals surface area contributed by atoms with E-state index in [1.54, 1.807) is 18.4 Å². The van der Waals surface area contributed by atoms with Crippen LogP contribution in [0.1, 0.15) is 36.9 Å². The van der Waals surface area contributed by atoms with Gasteiger partial charge in [-0.25, -0.2) is 0 Å². The quantitative estimate of drug-likeness (QED) is 0.521. The zero-order valence-corrected chi connectivity index (χ0v) is 19.1. The normalized spacial score (nSPS) is 18.7. The number of carbonyl (C=O) groups is 1. The van der Waals surface area contributed by atoms with Gasteiger partial charge in [0, 0.05) is 38.7 Å². The number of nitriles is 1. The van der Waals surface area contributed by atoms with Crippen molar-refractivity contribution in [3.63, 3.8) is 0 Å². The third-order valence-corrected chi connectivity index (χ3v) is 6.55. The molecule has 0 bridgehead atoms. The maximum Gasteiger partial charge on any atom is 0.266 e. The molecule has 2 saturated heterocycles. The average molecular weight is 461 g/mol. The SMILES string of the molecule is N#Cc1nc(-c2ccco2)oc1N1CCC(C(=O)N(Cc2ccccc2)CC2CCCO2)CC1. The van der Waals surface area contributed by atoms with Gasteiger partial charge in [-0.1, -0.05) is 30.3 Å². The number of rotatable bonds is 7. The van der Waals surface area contributed by atoms with Gasteiger partial charge in [-0.2, -0.15) is 10.2 Å². The molecule has 34 heavy (non-hydrogen) atoms.